The number of alkyl halides is 3. The molecule has 2 aliphatic rings. The standard InChI is InChI=1S/C28H30F3N8O3PS/c1-16-13-37(15-24(40)41)5-6-39(16)22-12-33-20(11-34-22)26(42)36-27-35-25(21(44-27)14-38-4-2-3-23(38)43)18-7-17(10-32)8-19(9-18)28(29,30)31/h7-9,11-12,16,23H,2-6,13-15,43H2,1H3,(H,40,41)(H,35,36,42)/t16-,23-/m1/s1. The fraction of sp³-hybridized carbons (Fsp3) is 0.429. The second-order valence-electron chi connectivity index (χ2n) is 10.8. The summed E-state index contributed by atoms with van der Waals surface area (Å²) in [6.45, 7) is 4.80. The van der Waals surface area contributed by atoms with Crippen molar-refractivity contribution < 1.29 is 27.9 Å². The monoisotopic (exact) mass is 646 g/mol. The summed E-state index contributed by atoms with van der Waals surface area (Å²) in [6.07, 6.45) is 0.125. The van der Waals surface area contributed by atoms with Crippen LogP contribution in [0.15, 0.2) is 30.6 Å². The Morgan fingerprint density at radius 2 is 2.00 bits per heavy atom. The zero-order valence-electron chi connectivity index (χ0n) is 23.7. The van der Waals surface area contributed by atoms with E-state index in [2.05, 4.69) is 34.4 Å². The van der Waals surface area contributed by atoms with Crippen LogP contribution in [0.3, 0.4) is 0 Å². The van der Waals surface area contributed by atoms with Crippen molar-refractivity contribution in [1.82, 2.24) is 24.8 Å². The molecule has 0 spiro atoms. The average molecular weight is 647 g/mol. The van der Waals surface area contributed by atoms with Gasteiger partial charge in [0.05, 0.1) is 41.8 Å². The highest BCUT2D eigenvalue weighted by Crippen LogP contribution is 2.38. The predicted molar refractivity (Wildman–Crippen MR) is 161 cm³/mol. The largest absolute Gasteiger partial charge is 0.480 e. The molecule has 1 unspecified atom stereocenters. The first-order valence-electron chi connectivity index (χ1n) is 13.9. The van der Waals surface area contributed by atoms with Gasteiger partial charge in [-0.25, -0.2) is 15.0 Å². The van der Waals surface area contributed by atoms with Gasteiger partial charge in [-0.15, -0.1) is 9.24 Å². The van der Waals surface area contributed by atoms with E-state index >= 15 is 0 Å². The van der Waals surface area contributed by atoms with Crippen molar-refractivity contribution in [2.45, 2.75) is 44.3 Å². The third-order valence-electron chi connectivity index (χ3n) is 7.58. The molecule has 2 aromatic heterocycles. The summed E-state index contributed by atoms with van der Waals surface area (Å²) in [5.74, 6) is -0.706. The van der Waals surface area contributed by atoms with Crippen LogP contribution in [0, 0.1) is 11.3 Å². The molecule has 0 saturated carbocycles. The van der Waals surface area contributed by atoms with Gasteiger partial charge in [-0.1, -0.05) is 11.3 Å². The van der Waals surface area contributed by atoms with E-state index in [1.807, 2.05) is 16.7 Å². The number of carbonyl (C=O) groups excluding carboxylic acids is 1. The summed E-state index contributed by atoms with van der Waals surface area (Å²) in [5.41, 5.74) is -0.648. The molecule has 0 bridgehead atoms. The van der Waals surface area contributed by atoms with Gasteiger partial charge >= 0.3 is 12.1 Å². The van der Waals surface area contributed by atoms with Gasteiger partial charge in [-0.05, 0) is 44.5 Å². The lowest BCUT2D eigenvalue weighted by Crippen LogP contribution is -2.53. The van der Waals surface area contributed by atoms with Crippen LogP contribution in [-0.2, 0) is 17.5 Å². The number of benzene rings is 1. The van der Waals surface area contributed by atoms with Crippen LogP contribution in [0.5, 0.6) is 0 Å². The van der Waals surface area contributed by atoms with E-state index in [0.717, 1.165) is 42.9 Å². The number of nitriles is 1. The number of thiazole rings is 1. The van der Waals surface area contributed by atoms with Crippen LogP contribution in [0.25, 0.3) is 11.3 Å². The molecule has 2 aliphatic heterocycles. The number of carboxylic acids is 1. The Hall–Kier alpha value is -3.70. The zero-order valence-corrected chi connectivity index (χ0v) is 25.7. The van der Waals surface area contributed by atoms with Gasteiger partial charge in [-0.2, -0.15) is 18.4 Å². The second-order valence-corrected chi connectivity index (χ2v) is 12.6. The van der Waals surface area contributed by atoms with E-state index in [-0.39, 0.29) is 46.0 Å². The molecule has 0 radical (unpaired) electrons. The van der Waals surface area contributed by atoms with Crippen molar-refractivity contribution >= 4 is 43.4 Å². The molecule has 0 aliphatic carbocycles. The minimum Gasteiger partial charge on any atom is -0.480 e. The number of aromatic nitrogens is 3. The van der Waals surface area contributed by atoms with Crippen LogP contribution in [0.4, 0.5) is 24.1 Å². The number of carboxylic acid groups (broad SMARTS) is 1. The topological polar surface area (TPSA) is 139 Å². The van der Waals surface area contributed by atoms with E-state index in [1.165, 1.54) is 18.5 Å². The van der Waals surface area contributed by atoms with Crippen molar-refractivity contribution in [3.05, 3.63) is 52.3 Å². The lowest BCUT2D eigenvalue weighted by molar-refractivity contribution is -0.139. The molecule has 1 amide bonds. The van der Waals surface area contributed by atoms with Gasteiger partial charge in [0, 0.05) is 48.4 Å². The normalized spacial score (nSPS) is 19.6. The van der Waals surface area contributed by atoms with Gasteiger partial charge < -0.3 is 10.0 Å². The summed E-state index contributed by atoms with van der Waals surface area (Å²) in [4.78, 5) is 44.0. The van der Waals surface area contributed by atoms with Gasteiger partial charge in [0.25, 0.3) is 5.91 Å². The van der Waals surface area contributed by atoms with Crippen LogP contribution >= 0.6 is 20.6 Å². The van der Waals surface area contributed by atoms with Gasteiger partial charge in [0.1, 0.15) is 11.5 Å². The molecule has 232 valence electrons. The molecule has 16 heteroatoms. The quantitative estimate of drug-likeness (QED) is 0.344. The van der Waals surface area contributed by atoms with Gasteiger partial charge in [0.2, 0.25) is 0 Å². The maximum absolute atomic E-state index is 13.6. The molecule has 11 nitrogen and oxygen atoms in total. The number of likely N-dealkylation sites (tertiary alicyclic amines) is 1. The number of hydrogen-bond donors (Lipinski definition) is 2. The molecular weight excluding hydrogens is 616 g/mol. The molecule has 2 N–H and O–H groups in total. The lowest BCUT2D eigenvalue weighted by Gasteiger charge is -2.39. The molecule has 1 aromatic carbocycles. The first kappa shape index (κ1) is 31.7. The summed E-state index contributed by atoms with van der Waals surface area (Å²) in [7, 11) is 2.78. The number of aliphatic carboxylic acids is 1. The number of nitrogens with one attached hydrogen (secondary N) is 1. The third-order valence-corrected chi connectivity index (χ3v) is 9.29. The van der Waals surface area contributed by atoms with Gasteiger partial charge in [0.15, 0.2) is 5.13 Å². The molecular formula is C28H30F3N8O3PS. The Kier molecular flexibility index (Phi) is 9.45. The van der Waals surface area contributed by atoms with Crippen molar-refractivity contribution in [1.29, 1.82) is 5.26 Å². The number of piperazine rings is 1. The number of rotatable bonds is 8. The summed E-state index contributed by atoms with van der Waals surface area (Å²) < 4.78 is 40.9. The van der Waals surface area contributed by atoms with Crippen LogP contribution in [0.2, 0.25) is 0 Å². The molecule has 2 fully saturated rings. The van der Waals surface area contributed by atoms with E-state index in [9.17, 15) is 28.0 Å². The molecule has 4 heterocycles. The Balaban J connectivity index is 1.37. The highest BCUT2D eigenvalue weighted by Gasteiger charge is 2.32. The van der Waals surface area contributed by atoms with Crippen molar-refractivity contribution in [2.24, 2.45) is 0 Å². The number of nitrogens with zero attached hydrogens (tertiary/aromatic N) is 7. The second kappa shape index (κ2) is 13.1. The maximum atomic E-state index is 13.6. The van der Waals surface area contributed by atoms with E-state index < -0.39 is 23.6 Å². The van der Waals surface area contributed by atoms with E-state index in [4.69, 9.17) is 5.11 Å². The fourth-order valence-corrected chi connectivity index (χ4v) is 6.91. The molecule has 3 atom stereocenters. The molecule has 44 heavy (non-hydrogen) atoms. The van der Waals surface area contributed by atoms with Crippen molar-refractivity contribution in [3.8, 4) is 17.3 Å². The lowest BCUT2D eigenvalue weighted by atomic mass is 10.0. The van der Waals surface area contributed by atoms with Crippen molar-refractivity contribution in [3.63, 3.8) is 0 Å². The van der Waals surface area contributed by atoms with Crippen LogP contribution in [-0.4, -0.2) is 86.3 Å². The number of hydrogen-bond acceptors (Lipinski definition) is 10. The Labute approximate surface area is 257 Å². The first-order valence-corrected chi connectivity index (χ1v) is 15.4. The number of amides is 1. The molecule has 2 saturated heterocycles. The fourth-order valence-electron chi connectivity index (χ4n) is 5.42. The molecule has 5 rings (SSSR count). The van der Waals surface area contributed by atoms with Crippen molar-refractivity contribution in [2.75, 3.05) is 42.9 Å². The average Bonchev–Trinajstić information content (AvgIpc) is 3.57. The van der Waals surface area contributed by atoms with Crippen LogP contribution in [0.1, 0.15) is 46.3 Å². The van der Waals surface area contributed by atoms with E-state index in [1.54, 1.807) is 6.07 Å². The zero-order chi connectivity index (χ0) is 31.6. The van der Waals surface area contributed by atoms with E-state index in [0.29, 0.717) is 36.9 Å². The number of halogens is 3. The Morgan fingerprint density at radius 3 is 2.61 bits per heavy atom. The Bertz CT molecular complexity index is 1580. The first-order chi connectivity index (χ1) is 20.9. The van der Waals surface area contributed by atoms with Crippen LogP contribution < -0.4 is 10.2 Å². The SMILES string of the molecule is C[C@@H]1CN(CC(=O)O)CCN1c1cnc(C(=O)Nc2nc(-c3cc(C#N)cc(C(F)(F)F)c3)c(CN3CCC[C@H]3P)s2)cn1. The smallest absolute Gasteiger partial charge is 0.416 e. The number of carbonyl (C=O) groups is 2. The minimum atomic E-state index is -4.65. The highest BCUT2D eigenvalue weighted by molar-refractivity contribution is 7.17. The number of anilines is 2. The summed E-state index contributed by atoms with van der Waals surface area (Å²) >= 11 is 1.16. The highest BCUT2D eigenvalue weighted by atomic mass is 32.1. The Morgan fingerprint density at radius 1 is 1.20 bits per heavy atom. The third kappa shape index (κ3) is 7.32. The maximum Gasteiger partial charge on any atom is 0.416 e. The summed E-state index contributed by atoms with van der Waals surface area (Å²) in [5, 5.41) is 21.4. The van der Waals surface area contributed by atoms with Gasteiger partial charge in [-0.3, -0.25) is 24.7 Å². The minimum absolute atomic E-state index is 0.0154. The molecule has 3 aromatic rings. The summed E-state index contributed by atoms with van der Waals surface area (Å²) in [6, 6.07) is 4.93. The predicted octanol–water partition coefficient (Wildman–Crippen LogP) is 4.13.